The molecule has 46 heavy (non-hydrogen) atoms. The highest BCUT2D eigenvalue weighted by molar-refractivity contribution is 7.89. The first-order chi connectivity index (χ1) is 21.8. The van der Waals surface area contributed by atoms with Crippen molar-refractivity contribution in [2.24, 2.45) is 22.9 Å². The first-order valence-corrected chi connectivity index (χ1v) is 18.2. The van der Waals surface area contributed by atoms with Crippen molar-refractivity contribution in [3.8, 4) is 5.75 Å². The molecular formula is C35H47ClN2O7S. The molecule has 3 aliphatic rings. The molecule has 7 atom stereocenters. The van der Waals surface area contributed by atoms with E-state index in [0.29, 0.717) is 38.3 Å². The number of aliphatic hydroxyl groups excluding tert-OH is 1. The lowest BCUT2D eigenvalue weighted by Crippen LogP contribution is -2.49. The molecule has 1 aliphatic heterocycles. The highest BCUT2D eigenvalue weighted by Gasteiger charge is 2.44. The monoisotopic (exact) mass is 674 g/mol. The minimum atomic E-state index is -3.76. The minimum absolute atomic E-state index is 0.0257. The molecule has 11 heteroatoms. The zero-order valence-corrected chi connectivity index (χ0v) is 28.5. The van der Waals surface area contributed by atoms with Crippen molar-refractivity contribution in [3.05, 3.63) is 70.3 Å². The molecule has 4 N–H and O–H groups in total. The summed E-state index contributed by atoms with van der Waals surface area (Å²) >= 11 is 6.38. The first-order valence-electron chi connectivity index (χ1n) is 16.2. The van der Waals surface area contributed by atoms with Crippen LogP contribution in [-0.2, 0) is 26.6 Å². The number of nitrogens with two attached hydrogens (primary N) is 1. The van der Waals surface area contributed by atoms with Gasteiger partial charge in [0, 0.05) is 30.6 Å². The van der Waals surface area contributed by atoms with Gasteiger partial charge in [0.25, 0.3) is 0 Å². The van der Waals surface area contributed by atoms with Crippen LogP contribution in [-0.4, -0.2) is 68.9 Å². The van der Waals surface area contributed by atoms with E-state index < -0.39 is 27.3 Å². The number of anilines is 1. The van der Waals surface area contributed by atoms with Gasteiger partial charge in [-0.3, -0.25) is 0 Å². The Bertz CT molecular complexity index is 1550. The molecule has 1 unspecified atom stereocenters. The lowest BCUT2D eigenvalue weighted by Gasteiger charge is -2.45. The molecule has 1 saturated carbocycles. The van der Waals surface area contributed by atoms with Gasteiger partial charge >= 0.3 is 5.97 Å². The van der Waals surface area contributed by atoms with Crippen LogP contribution >= 0.6 is 11.6 Å². The van der Waals surface area contributed by atoms with Crippen LogP contribution in [0.5, 0.6) is 5.75 Å². The number of rotatable bonds is 12. The number of carbonyl (C=O) groups is 1. The number of ether oxygens (including phenoxy) is 2. The highest BCUT2D eigenvalue weighted by Crippen LogP contribution is 2.46. The number of methoxy groups -OCH3 is 1. The summed E-state index contributed by atoms with van der Waals surface area (Å²) in [6.07, 6.45) is 8.23. The van der Waals surface area contributed by atoms with E-state index in [4.69, 9.17) is 26.2 Å². The van der Waals surface area contributed by atoms with Crippen LogP contribution in [0.2, 0.25) is 5.02 Å². The Balaban J connectivity index is 1.34. The summed E-state index contributed by atoms with van der Waals surface area (Å²) in [5.41, 5.74) is 3.16. The second-order valence-corrected chi connectivity index (χ2v) is 15.9. The van der Waals surface area contributed by atoms with E-state index in [1.165, 1.54) is 11.1 Å². The smallest absolute Gasteiger partial charge is 0.335 e. The zero-order chi connectivity index (χ0) is 33.2. The number of primary sulfonamides is 1. The van der Waals surface area contributed by atoms with Crippen LogP contribution in [0.25, 0.3) is 0 Å². The number of halogens is 1. The van der Waals surface area contributed by atoms with Crippen molar-refractivity contribution in [1.29, 1.82) is 0 Å². The third-order valence-corrected chi connectivity index (χ3v) is 12.3. The molecule has 2 aromatic carbocycles. The van der Waals surface area contributed by atoms with Crippen LogP contribution in [0.4, 0.5) is 5.69 Å². The Morgan fingerprint density at radius 2 is 2.02 bits per heavy atom. The summed E-state index contributed by atoms with van der Waals surface area (Å²) in [4.78, 5) is 14.2. The maximum Gasteiger partial charge on any atom is 0.335 e. The molecule has 1 fully saturated rings. The fourth-order valence-electron chi connectivity index (χ4n) is 7.64. The fraction of sp³-hybridized carbons (Fsp3) is 0.571. The zero-order valence-electron chi connectivity index (χ0n) is 26.9. The maximum atomic E-state index is 12.3. The third kappa shape index (κ3) is 7.57. The molecule has 1 spiro atoms. The standard InChI is InChI=1S/C35H47ClN2O7S/c1-22(33(46(37,42)43)16-23(2)44-3)6-4-8-31(39)28-12-9-26(28)19-38-20-35(15-5-7-24-17-27(36)11-13-29(24)35)21-45-32-14-10-25(34(40)41)18-30(32)38/h4,8,10-11,13-14,17-18,22-23,26,28,31,33,39H,5-7,9,12,15-16,19-21H2,1-3H3,(H,40,41)(H2,37,42,43)/b8-4+/t22-,23+,26-,28+,31?,33+,35-/m0/s1. The number of aryl methyl sites for hydroxylation is 1. The second-order valence-electron chi connectivity index (χ2n) is 13.6. The highest BCUT2D eigenvalue weighted by atomic mass is 35.5. The topological polar surface area (TPSA) is 139 Å². The van der Waals surface area contributed by atoms with Gasteiger partial charge < -0.3 is 24.6 Å². The van der Waals surface area contributed by atoms with E-state index in [9.17, 15) is 23.4 Å². The van der Waals surface area contributed by atoms with Crippen LogP contribution < -0.4 is 14.8 Å². The van der Waals surface area contributed by atoms with Gasteiger partial charge in [-0.15, -0.1) is 0 Å². The number of allylic oxidation sites excluding steroid dienone is 1. The lowest BCUT2D eigenvalue weighted by atomic mass is 9.68. The minimum Gasteiger partial charge on any atom is -0.490 e. The normalized spacial score (nSPS) is 25.5. The molecule has 2 aliphatic carbocycles. The van der Waals surface area contributed by atoms with E-state index in [2.05, 4.69) is 17.0 Å². The third-order valence-electron chi connectivity index (χ3n) is 10.5. The van der Waals surface area contributed by atoms with Crippen molar-refractivity contribution in [3.63, 3.8) is 0 Å². The number of aromatic carboxylic acids is 1. The van der Waals surface area contributed by atoms with Crippen molar-refractivity contribution in [2.75, 3.05) is 31.7 Å². The van der Waals surface area contributed by atoms with E-state index in [1.807, 2.05) is 26.0 Å². The summed E-state index contributed by atoms with van der Waals surface area (Å²) in [5.74, 6) is -0.355. The van der Waals surface area contributed by atoms with E-state index in [-0.39, 0.29) is 34.8 Å². The summed E-state index contributed by atoms with van der Waals surface area (Å²) in [6.45, 7) is 5.48. The predicted molar refractivity (Wildman–Crippen MR) is 180 cm³/mol. The molecule has 1 heterocycles. The van der Waals surface area contributed by atoms with E-state index in [0.717, 1.165) is 42.8 Å². The van der Waals surface area contributed by atoms with Crippen LogP contribution in [0.1, 0.15) is 73.9 Å². The summed E-state index contributed by atoms with van der Waals surface area (Å²) in [7, 11) is -2.21. The number of fused-ring (bicyclic) bond motifs is 3. The van der Waals surface area contributed by atoms with Gasteiger partial charge in [-0.05, 0) is 111 Å². The number of carboxylic acids is 1. The summed E-state index contributed by atoms with van der Waals surface area (Å²) in [6, 6.07) is 11.2. The van der Waals surface area contributed by atoms with Crippen molar-refractivity contribution in [1.82, 2.24) is 0 Å². The Morgan fingerprint density at radius 1 is 1.24 bits per heavy atom. The number of aliphatic hydroxyl groups is 1. The molecule has 2 aromatic rings. The van der Waals surface area contributed by atoms with Crippen molar-refractivity contribution in [2.45, 2.75) is 81.7 Å². The number of nitrogens with zero attached hydrogens (tertiary/aromatic N) is 1. The number of benzene rings is 2. The lowest BCUT2D eigenvalue weighted by molar-refractivity contribution is 0.0455. The molecule has 252 valence electrons. The summed E-state index contributed by atoms with van der Waals surface area (Å²) in [5, 5.41) is 26.6. The van der Waals surface area contributed by atoms with Gasteiger partial charge in [0.2, 0.25) is 10.0 Å². The Morgan fingerprint density at radius 3 is 2.70 bits per heavy atom. The first kappa shape index (κ1) is 34.7. The van der Waals surface area contributed by atoms with Crippen LogP contribution in [0, 0.1) is 17.8 Å². The molecule has 0 saturated heterocycles. The predicted octanol–water partition coefficient (Wildman–Crippen LogP) is 5.56. The Labute approximate surface area is 277 Å². The van der Waals surface area contributed by atoms with Gasteiger partial charge in [0.1, 0.15) is 5.75 Å². The average molecular weight is 675 g/mol. The fourth-order valence-corrected chi connectivity index (χ4v) is 9.13. The number of sulfonamides is 1. The van der Waals surface area contributed by atoms with Gasteiger partial charge in [0.15, 0.2) is 0 Å². The average Bonchev–Trinajstić information content (AvgIpc) is 3.14. The molecule has 0 bridgehead atoms. The molecule has 5 rings (SSSR count). The summed E-state index contributed by atoms with van der Waals surface area (Å²) < 4.78 is 36.3. The van der Waals surface area contributed by atoms with Gasteiger partial charge in [-0.25, -0.2) is 18.4 Å². The maximum absolute atomic E-state index is 12.3. The Kier molecular flexibility index (Phi) is 10.7. The van der Waals surface area contributed by atoms with Crippen molar-refractivity contribution < 1.29 is 32.9 Å². The van der Waals surface area contributed by atoms with Gasteiger partial charge in [-0.2, -0.15) is 0 Å². The van der Waals surface area contributed by atoms with Gasteiger partial charge in [0.05, 0.1) is 35.3 Å². The quantitative estimate of drug-likeness (QED) is 0.249. The van der Waals surface area contributed by atoms with Crippen LogP contribution in [0.15, 0.2) is 48.6 Å². The molecule has 0 amide bonds. The van der Waals surface area contributed by atoms with E-state index in [1.54, 1.807) is 31.4 Å². The number of hydrogen-bond donors (Lipinski definition) is 3. The van der Waals surface area contributed by atoms with Gasteiger partial charge in [-0.1, -0.05) is 36.7 Å². The SMILES string of the molecule is CO[C@H](C)C[C@H]([C@@H](C)C/C=C/C(O)[C@@H]1CC[C@H]1CN1C[C@@]2(CCCc3cc(Cl)ccc32)COc2ccc(C(=O)O)cc21)S(N)(=O)=O. The second kappa shape index (κ2) is 14.2. The molecular weight excluding hydrogens is 628 g/mol. The van der Waals surface area contributed by atoms with Crippen LogP contribution in [0.3, 0.4) is 0 Å². The number of hydrogen-bond acceptors (Lipinski definition) is 7. The van der Waals surface area contributed by atoms with Crippen molar-refractivity contribution >= 4 is 33.3 Å². The molecule has 0 radical (unpaired) electrons. The molecule has 9 nitrogen and oxygen atoms in total. The number of carboxylic acid groups (broad SMARTS) is 1. The van der Waals surface area contributed by atoms with E-state index >= 15 is 0 Å². The Hall–Kier alpha value is -2.63. The largest absolute Gasteiger partial charge is 0.490 e. The molecule has 0 aromatic heterocycles.